The van der Waals surface area contributed by atoms with E-state index in [4.69, 9.17) is 5.10 Å². The van der Waals surface area contributed by atoms with E-state index >= 15 is 0 Å². The molecule has 0 bridgehead atoms. The smallest absolute Gasteiger partial charge is 0.273 e. The number of amides is 1. The summed E-state index contributed by atoms with van der Waals surface area (Å²) < 4.78 is 1.98. The van der Waals surface area contributed by atoms with Crippen LogP contribution in [-0.2, 0) is 7.05 Å². The van der Waals surface area contributed by atoms with Gasteiger partial charge in [0.05, 0.1) is 6.20 Å². The third-order valence-corrected chi connectivity index (χ3v) is 13.0. The highest BCUT2D eigenvalue weighted by molar-refractivity contribution is 7.67. The van der Waals surface area contributed by atoms with Gasteiger partial charge >= 0.3 is 0 Å². The minimum Gasteiger partial charge on any atom is -0.331 e. The molecule has 0 unspecified atom stereocenters. The molecule has 4 aliphatic carbocycles. The fraction of sp³-hybridized carbons (Fsp3) is 0.862. The van der Waals surface area contributed by atoms with Crippen molar-refractivity contribution < 1.29 is 4.79 Å². The van der Waals surface area contributed by atoms with Crippen LogP contribution in [0.15, 0.2) is 6.20 Å². The molecule has 190 valence electrons. The molecule has 5 heteroatoms. The molecule has 4 saturated carbocycles. The lowest BCUT2D eigenvalue weighted by Gasteiger charge is -2.43. The first-order valence-electron chi connectivity index (χ1n) is 14.9. The van der Waals surface area contributed by atoms with Crippen LogP contribution in [0.25, 0.3) is 0 Å². The zero-order valence-electron chi connectivity index (χ0n) is 21.7. The van der Waals surface area contributed by atoms with E-state index in [0.29, 0.717) is 18.0 Å². The number of carbonyl (C=O) groups excluding carboxylic acids is 1. The molecule has 1 aromatic rings. The van der Waals surface area contributed by atoms with Gasteiger partial charge in [-0.15, -0.1) is 0 Å². The third-order valence-electron chi connectivity index (χ3n) is 9.51. The largest absolute Gasteiger partial charge is 0.331 e. The van der Waals surface area contributed by atoms with E-state index in [1.165, 1.54) is 134 Å². The maximum Gasteiger partial charge on any atom is 0.273 e. The molecular weight excluding hydrogens is 437 g/mol. The van der Waals surface area contributed by atoms with Crippen molar-refractivity contribution in [3.8, 4) is 0 Å². The van der Waals surface area contributed by atoms with Crippen molar-refractivity contribution in [3.63, 3.8) is 0 Å². The van der Waals surface area contributed by atoms with Gasteiger partial charge in [-0.1, -0.05) is 85.0 Å². The molecule has 0 aromatic carbocycles. The predicted octanol–water partition coefficient (Wildman–Crippen LogP) is 7.30. The van der Waals surface area contributed by atoms with Crippen molar-refractivity contribution in [3.05, 3.63) is 11.9 Å². The normalized spacial score (nSPS) is 24.5. The summed E-state index contributed by atoms with van der Waals surface area (Å²) in [6.07, 6.45) is 28.7. The van der Waals surface area contributed by atoms with Crippen LogP contribution in [0.3, 0.4) is 0 Å². The van der Waals surface area contributed by atoms with Gasteiger partial charge < -0.3 is 4.90 Å². The maximum absolute atomic E-state index is 14.6. The topological polar surface area (TPSA) is 38.1 Å². The van der Waals surface area contributed by atoms with Crippen LogP contribution >= 0.6 is 7.92 Å². The summed E-state index contributed by atoms with van der Waals surface area (Å²) in [6, 6.07) is 0.894. The number of hydrogen-bond acceptors (Lipinski definition) is 2. The second kappa shape index (κ2) is 11.9. The Kier molecular flexibility index (Phi) is 8.67. The summed E-state index contributed by atoms with van der Waals surface area (Å²) in [7, 11) is 1.73. The van der Waals surface area contributed by atoms with Gasteiger partial charge in [0.15, 0.2) is 0 Å². The van der Waals surface area contributed by atoms with Crippen LogP contribution in [0.4, 0.5) is 0 Å². The van der Waals surface area contributed by atoms with E-state index in [1.54, 1.807) is 0 Å². The summed E-state index contributed by atoms with van der Waals surface area (Å²) in [4.78, 5) is 17.0. The number of nitrogens with zero attached hydrogens (tertiary/aromatic N) is 3. The fourth-order valence-electron chi connectivity index (χ4n) is 7.74. The standard InChI is InChI=1S/C29H48N3OP/c1-31-28(29(33)32(23-14-6-2-7-15-23)24-16-8-3-9-17-24)27(22-30-31)34(25-18-10-4-11-19-25)26-20-12-5-13-21-26/h22-26H,2-21H2,1H3. The van der Waals surface area contributed by atoms with Crippen LogP contribution in [0, 0.1) is 0 Å². The Morgan fingerprint density at radius 3 is 1.59 bits per heavy atom. The van der Waals surface area contributed by atoms with E-state index in [9.17, 15) is 4.79 Å². The van der Waals surface area contributed by atoms with Gasteiger partial charge in [-0.05, 0) is 62.7 Å². The molecule has 0 spiro atoms. The highest BCUT2D eigenvalue weighted by atomic mass is 31.1. The Balaban J connectivity index is 1.49. The van der Waals surface area contributed by atoms with Crippen molar-refractivity contribution in [1.82, 2.24) is 14.7 Å². The molecule has 1 aromatic heterocycles. The van der Waals surface area contributed by atoms with Crippen molar-refractivity contribution in [2.45, 2.75) is 152 Å². The van der Waals surface area contributed by atoms with Gasteiger partial charge in [0.1, 0.15) is 5.69 Å². The summed E-state index contributed by atoms with van der Waals surface area (Å²) >= 11 is 0. The monoisotopic (exact) mass is 485 g/mol. The molecule has 34 heavy (non-hydrogen) atoms. The zero-order chi connectivity index (χ0) is 23.3. The fourth-order valence-corrected chi connectivity index (χ4v) is 11.6. The average Bonchev–Trinajstić information content (AvgIpc) is 3.27. The van der Waals surface area contributed by atoms with E-state index in [1.807, 2.05) is 11.7 Å². The Morgan fingerprint density at radius 2 is 1.15 bits per heavy atom. The molecule has 4 nitrogen and oxygen atoms in total. The number of aryl methyl sites for hydroxylation is 1. The van der Waals surface area contributed by atoms with Gasteiger partial charge in [0, 0.05) is 24.4 Å². The number of rotatable bonds is 6. The quantitative estimate of drug-likeness (QED) is 0.397. The lowest BCUT2D eigenvalue weighted by Crippen LogP contribution is -2.50. The highest BCUT2D eigenvalue weighted by Crippen LogP contribution is 2.55. The summed E-state index contributed by atoms with van der Waals surface area (Å²) in [5, 5.41) is 6.19. The van der Waals surface area contributed by atoms with Crippen molar-refractivity contribution in [1.29, 1.82) is 0 Å². The first-order chi connectivity index (χ1) is 16.7. The first kappa shape index (κ1) is 24.8. The van der Waals surface area contributed by atoms with Crippen molar-refractivity contribution in [2.24, 2.45) is 7.05 Å². The number of carbonyl (C=O) groups is 1. The van der Waals surface area contributed by atoms with E-state index in [2.05, 4.69) is 11.1 Å². The molecular formula is C29H48N3OP. The number of hydrogen-bond donors (Lipinski definition) is 0. The molecule has 0 aliphatic heterocycles. The molecule has 0 radical (unpaired) electrons. The molecule has 5 rings (SSSR count). The lowest BCUT2D eigenvalue weighted by atomic mass is 9.88. The highest BCUT2D eigenvalue weighted by Gasteiger charge is 2.40. The molecule has 4 aliphatic rings. The summed E-state index contributed by atoms with van der Waals surface area (Å²) in [6.45, 7) is 0. The Hall–Kier alpha value is -0.890. The Morgan fingerprint density at radius 1 is 0.735 bits per heavy atom. The van der Waals surface area contributed by atoms with Gasteiger partial charge in [-0.3, -0.25) is 9.48 Å². The summed E-state index contributed by atoms with van der Waals surface area (Å²) in [5.74, 6) is 0.341. The van der Waals surface area contributed by atoms with Crippen LogP contribution in [-0.4, -0.2) is 44.0 Å². The van der Waals surface area contributed by atoms with Crippen LogP contribution in [0.2, 0.25) is 0 Å². The first-order valence-corrected chi connectivity index (χ1v) is 16.3. The van der Waals surface area contributed by atoms with Crippen LogP contribution in [0.1, 0.15) is 139 Å². The molecule has 0 N–H and O–H groups in total. The van der Waals surface area contributed by atoms with Crippen molar-refractivity contribution >= 4 is 19.1 Å². The van der Waals surface area contributed by atoms with E-state index < -0.39 is 0 Å². The van der Waals surface area contributed by atoms with E-state index in [0.717, 1.165) is 17.0 Å². The lowest BCUT2D eigenvalue weighted by molar-refractivity contribution is 0.0439. The molecule has 0 atom stereocenters. The SMILES string of the molecule is Cn1ncc(P(C2CCCCC2)C2CCCCC2)c1C(=O)N(C1CCCCC1)C1CCCCC1. The molecule has 4 fully saturated rings. The Bertz CT molecular complexity index is 747. The number of aromatic nitrogens is 2. The summed E-state index contributed by atoms with van der Waals surface area (Å²) in [5.41, 5.74) is 2.60. The molecule has 0 saturated heterocycles. The minimum atomic E-state index is -0.315. The van der Waals surface area contributed by atoms with Crippen molar-refractivity contribution in [2.75, 3.05) is 0 Å². The average molecular weight is 486 g/mol. The molecule has 1 heterocycles. The zero-order valence-corrected chi connectivity index (χ0v) is 22.6. The maximum atomic E-state index is 14.6. The minimum absolute atomic E-state index is 0.315. The van der Waals surface area contributed by atoms with Gasteiger partial charge in [-0.2, -0.15) is 5.10 Å². The predicted molar refractivity (Wildman–Crippen MR) is 143 cm³/mol. The van der Waals surface area contributed by atoms with Gasteiger partial charge in [-0.25, -0.2) is 0 Å². The van der Waals surface area contributed by atoms with E-state index in [-0.39, 0.29) is 7.92 Å². The van der Waals surface area contributed by atoms with Gasteiger partial charge in [0.2, 0.25) is 0 Å². The third kappa shape index (κ3) is 5.42. The van der Waals surface area contributed by atoms with Gasteiger partial charge in [0.25, 0.3) is 5.91 Å². The van der Waals surface area contributed by atoms with Crippen LogP contribution in [0.5, 0.6) is 0 Å². The Labute approximate surface area is 209 Å². The van der Waals surface area contributed by atoms with Crippen LogP contribution < -0.4 is 5.30 Å². The molecule has 1 amide bonds. The second-order valence-electron chi connectivity index (χ2n) is 11.8. The second-order valence-corrected chi connectivity index (χ2v) is 14.5.